The van der Waals surface area contributed by atoms with E-state index in [0.717, 1.165) is 12.5 Å². The Morgan fingerprint density at radius 2 is 2.50 bits per heavy atom. The van der Waals surface area contributed by atoms with Gasteiger partial charge < -0.3 is 10.4 Å². The van der Waals surface area contributed by atoms with Crippen LogP contribution in [0.4, 0.5) is 0 Å². The van der Waals surface area contributed by atoms with Crippen LogP contribution in [0.5, 0.6) is 0 Å². The molecular weight excluding hydrogens is 178 g/mol. The lowest BCUT2D eigenvalue weighted by atomic mass is 10.3. The number of hydrogen-bond acceptors (Lipinski definition) is 3. The molecule has 0 aromatic carbocycles. The van der Waals surface area contributed by atoms with E-state index in [1.54, 1.807) is 4.68 Å². The lowest BCUT2D eigenvalue weighted by Crippen LogP contribution is -2.16. The number of aliphatic hydroxyl groups is 1. The van der Waals surface area contributed by atoms with Gasteiger partial charge in [0.2, 0.25) is 0 Å². The van der Waals surface area contributed by atoms with Gasteiger partial charge in [0.25, 0.3) is 0 Å². The van der Waals surface area contributed by atoms with Crippen LogP contribution in [0.15, 0.2) is 12.4 Å². The van der Waals surface area contributed by atoms with Gasteiger partial charge in [0.1, 0.15) is 0 Å². The first-order valence-corrected chi connectivity index (χ1v) is 5.15. The molecule has 1 saturated carbocycles. The average Bonchev–Trinajstić information content (AvgIpc) is 2.69. The van der Waals surface area contributed by atoms with Gasteiger partial charge in [-0.2, -0.15) is 5.10 Å². The van der Waals surface area contributed by atoms with Crippen molar-refractivity contribution in [2.24, 2.45) is 5.92 Å². The summed E-state index contributed by atoms with van der Waals surface area (Å²) in [5, 5.41) is 16.3. The van der Waals surface area contributed by atoms with Crippen LogP contribution in [0.25, 0.3) is 0 Å². The Balaban J connectivity index is 1.78. The van der Waals surface area contributed by atoms with E-state index in [1.807, 2.05) is 12.4 Å². The van der Waals surface area contributed by atoms with Crippen LogP contribution >= 0.6 is 0 Å². The molecule has 0 radical (unpaired) electrons. The second kappa shape index (κ2) is 4.11. The minimum Gasteiger partial charge on any atom is -0.394 e. The van der Waals surface area contributed by atoms with Crippen molar-refractivity contribution in [1.82, 2.24) is 15.1 Å². The Bertz CT molecular complexity index is 297. The number of aromatic nitrogens is 2. The lowest BCUT2D eigenvalue weighted by molar-refractivity contribution is 0.269. The molecule has 4 heteroatoms. The SMILES string of the molecule is CC1CC1NCc1cnn(CCO)c1. The van der Waals surface area contributed by atoms with E-state index in [1.165, 1.54) is 12.0 Å². The monoisotopic (exact) mass is 195 g/mol. The zero-order valence-corrected chi connectivity index (χ0v) is 8.48. The van der Waals surface area contributed by atoms with E-state index in [-0.39, 0.29) is 6.61 Å². The van der Waals surface area contributed by atoms with Crippen LogP contribution in [0.2, 0.25) is 0 Å². The summed E-state index contributed by atoms with van der Waals surface area (Å²) < 4.78 is 1.77. The highest BCUT2D eigenvalue weighted by Crippen LogP contribution is 2.29. The second-order valence-electron chi connectivity index (χ2n) is 4.04. The number of nitrogens with one attached hydrogen (secondary N) is 1. The van der Waals surface area contributed by atoms with E-state index >= 15 is 0 Å². The van der Waals surface area contributed by atoms with Crippen LogP contribution in [0.1, 0.15) is 18.9 Å². The zero-order chi connectivity index (χ0) is 9.97. The Hall–Kier alpha value is -0.870. The molecule has 1 aliphatic carbocycles. The predicted molar refractivity (Wildman–Crippen MR) is 53.7 cm³/mol. The first kappa shape index (κ1) is 9.68. The zero-order valence-electron chi connectivity index (χ0n) is 8.48. The van der Waals surface area contributed by atoms with Crippen molar-refractivity contribution in [3.8, 4) is 0 Å². The molecule has 0 amide bonds. The molecule has 2 N–H and O–H groups in total. The van der Waals surface area contributed by atoms with Crippen molar-refractivity contribution in [3.05, 3.63) is 18.0 Å². The summed E-state index contributed by atoms with van der Waals surface area (Å²) in [6, 6.07) is 0.705. The summed E-state index contributed by atoms with van der Waals surface area (Å²) in [4.78, 5) is 0. The maximum absolute atomic E-state index is 8.72. The number of rotatable bonds is 5. The van der Waals surface area contributed by atoms with Crippen LogP contribution in [-0.2, 0) is 13.1 Å². The topological polar surface area (TPSA) is 50.1 Å². The molecule has 0 aliphatic heterocycles. The molecule has 2 unspecified atom stereocenters. The third-order valence-corrected chi connectivity index (χ3v) is 2.69. The molecule has 78 valence electrons. The molecule has 0 saturated heterocycles. The third-order valence-electron chi connectivity index (χ3n) is 2.69. The van der Waals surface area contributed by atoms with E-state index in [0.29, 0.717) is 12.6 Å². The van der Waals surface area contributed by atoms with Crippen molar-refractivity contribution in [3.63, 3.8) is 0 Å². The Morgan fingerprint density at radius 1 is 1.71 bits per heavy atom. The first-order chi connectivity index (χ1) is 6.79. The Labute approximate surface area is 83.9 Å². The van der Waals surface area contributed by atoms with Gasteiger partial charge in [-0.3, -0.25) is 4.68 Å². The number of nitrogens with zero attached hydrogens (tertiary/aromatic N) is 2. The van der Waals surface area contributed by atoms with Gasteiger partial charge in [-0.25, -0.2) is 0 Å². The van der Waals surface area contributed by atoms with Gasteiger partial charge in [0, 0.05) is 24.3 Å². The molecule has 1 fully saturated rings. The summed E-state index contributed by atoms with van der Waals surface area (Å²) in [6.07, 6.45) is 5.14. The standard InChI is InChI=1S/C10H17N3O/c1-8-4-10(8)11-5-9-6-12-13(7-9)2-3-14/h6-8,10-11,14H,2-5H2,1H3. The number of aliphatic hydroxyl groups excluding tert-OH is 1. The minimum absolute atomic E-state index is 0.147. The van der Waals surface area contributed by atoms with Crippen molar-refractivity contribution in [1.29, 1.82) is 0 Å². The van der Waals surface area contributed by atoms with Crippen molar-refractivity contribution < 1.29 is 5.11 Å². The van der Waals surface area contributed by atoms with Gasteiger partial charge in [-0.15, -0.1) is 0 Å². The first-order valence-electron chi connectivity index (χ1n) is 5.15. The molecule has 1 aliphatic rings. The quantitative estimate of drug-likeness (QED) is 0.714. The van der Waals surface area contributed by atoms with E-state index in [9.17, 15) is 0 Å². The summed E-state index contributed by atoms with van der Waals surface area (Å²) in [6.45, 7) is 3.88. The lowest BCUT2D eigenvalue weighted by Gasteiger charge is -1.99. The normalized spacial score (nSPS) is 25.3. The molecule has 1 heterocycles. The molecule has 1 aromatic rings. The maximum atomic E-state index is 8.72. The highest BCUT2D eigenvalue weighted by Gasteiger charge is 2.31. The highest BCUT2D eigenvalue weighted by molar-refractivity contribution is 5.04. The fraction of sp³-hybridized carbons (Fsp3) is 0.700. The second-order valence-corrected chi connectivity index (χ2v) is 4.04. The van der Waals surface area contributed by atoms with E-state index in [2.05, 4.69) is 17.3 Å². The third kappa shape index (κ3) is 2.33. The largest absolute Gasteiger partial charge is 0.394 e. The van der Waals surface area contributed by atoms with Gasteiger partial charge in [-0.05, 0) is 12.3 Å². The molecule has 14 heavy (non-hydrogen) atoms. The smallest absolute Gasteiger partial charge is 0.0640 e. The van der Waals surface area contributed by atoms with Crippen LogP contribution < -0.4 is 5.32 Å². The minimum atomic E-state index is 0.147. The summed E-state index contributed by atoms with van der Waals surface area (Å²) in [5.74, 6) is 0.836. The van der Waals surface area contributed by atoms with Gasteiger partial charge in [-0.1, -0.05) is 6.92 Å². The molecule has 2 atom stereocenters. The van der Waals surface area contributed by atoms with Crippen LogP contribution in [0, 0.1) is 5.92 Å². The van der Waals surface area contributed by atoms with Crippen molar-refractivity contribution in [2.45, 2.75) is 32.5 Å². The summed E-state index contributed by atoms with van der Waals surface area (Å²) in [5.41, 5.74) is 1.19. The average molecular weight is 195 g/mol. The van der Waals surface area contributed by atoms with E-state index < -0.39 is 0 Å². The molecule has 2 rings (SSSR count). The van der Waals surface area contributed by atoms with Crippen LogP contribution in [0.3, 0.4) is 0 Å². The van der Waals surface area contributed by atoms with Crippen molar-refractivity contribution in [2.75, 3.05) is 6.61 Å². The molecule has 4 nitrogen and oxygen atoms in total. The van der Waals surface area contributed by atoms with Crippen LogP contribution in [-0.4, -0.2) is 27.5 Å². The van der Waals surface area contributed by atoms with Gasteiger partial charge >= 0.3 is 0 Å². The fourth-order valence-corrected chi connectivity index (χ4v) is 1.58. The Kier molecular flexibility index (Phi) is 2.84. The summed E-state index contributed by atoms with van der Waals surface area (Å²) >= 11 is 0. The summed E-state index contributed by atoms with van der Waals surface area (Å²) in [7, 11) is 0. The van der Waals surface area contributed by atoms with E-state index in [4.69, 9.17) is 5.11 Å². The highest BCUT2D eigenvalue weighted by atomic mass is 16.3. The maximum Gasteiger partial charge on any atom is 0.0640 e. The Morgan fingerprint density at radius 3 is 3.14 bits per heavy atom. The fourth-order valence-electron chi connectivity index (χ4n) is 1.58. The molecular formula is C10H17N3O. The molecule has 0 bridgehead atoms. The predicted octanol–water partition coefficient (Wildman–Crippen LogP) is 0.373. The van der Waals surface area contributed by atoms with Gasteiger partial charge in [0.05, 0.1) is 19.3 Å². The number of hydrogen-bond donors (Lipinski definition) is 2. The molecule has 1 aromatic heterocycles. The molecule has 0 spiro atoms. The van der Waals surface area contributed by atoms with Gasteiger partial charge in [0.15, 0.2) is 0 Å². The van der Waals surface area contributed by atoms with Crippen molar-refractivity contribution >= 4 is 0 Å².